The van der Waals surface area contributed by atoms with Gasteiger partial charge in [-0.1, -0.05) is 6.42 Å². The van der Waals surface area contributed by atoms with Gasteiger partial charge in [0, 0.05) is 0 Å². The van der Waals surface area contributed by atoms with Crippen LogP contribution in [0.1, 0.15) is 24.8 Å². The van der Waals surface area contributed by atoms with Crippen LogP contribution in [0.15, 0.2) is 18.2 Å². The Kier molecular flexibility index (Phi) is 2.71. The Bertz CT molecular complexity index is 318. The standard InChI is InChI=1S/C12H15FO/c1-9-7-11(5-6-12(9)13)14-8-10-3-2-4-10/h5-7,10H,2-4,8H2,1H3. The summed E-state index contributed by atoms with van der Waals surface area (Å²) in [5.74, 6) is 1.34. The van der Waals surface area contributed by atoms with Crippen LogP contribution in [0.25, 0.3) is 0 Å². The molecular weight excluding hydrogens is 179 g/mol. The third-order valence-corrected chi connectivity index (χ3v) is 2.84. The molecule has 0 unspecified atom stereocenters. The lowest BCUT2D eigenvalue weighted by atomic mass is 9.86. The lowest BCUT2D eigenvalue weighted by Crippen LogP contribution is -2.19. The Hall–Kier alpha value is -1.05. The number of halogens is 1. The van der Waals surface area contributed by atoms with E-state index in [4.69, 9.17) is 4.74 Å². The quantitative estimate of drug-likeness (QED) is 0.717. The molecule has 0 N–H and O–H groups in total. The summed E-state index contributed by atoms with van der Waals surface area (Å²) in [5.41, 5.74) is 0.649. The summed E-state index contributed by atoms with van der Waals surface area (Å²) in [5, 5.41) is 0. The number of aryl methyl sites for hydroxylation is 1. The van der Waals surface area contributed by atoms with Crippen LogP contribution in [-0.2, 0) is 0 Å². The van der Waals surface area contributed by atoms with Crippen molar-refractivity contribution in [2.75, 3.05) is 6.61 Å². The normalized spacial score (nSPS) is 16.4. The highest BCUT2D eigenvalue weighted by Crippen LogP contribution is 2.27. The minimum Gasteiger partial charge on any atom is -0.493 e. The summed E-state index contributed by atoms with van der Waals surface area (Å²) in [6.45, 7) is 2.54. The van der Waals surface area contributed by atoms with Gasteiger partial charge < -0.3 is 4.74 Å². The van der Waals surface area contributed by atoms with E-state index in [1.54, 1.807) is 19.1 Å². The van der Waals surface area contributed by atoms with E-state index < -0.39 is 0 Å². The predicted molar refractivity (Wildman–Crippen MR) is 54.0 cm³/mol. The Balaban J connectivity index is 1.91. The number of hydrogen-bond acceptors (Lipinski definition) is 1. The lowest BCUT2D eigenvalue weighted by Gasteiger charge is -2.25. The predicted octanol–water partition coefficient (Wildman–Crippen LogP) is 3.31. The third kappa shape index (κ3) is 2.06. The van der Waals surface area contributed by atoms with Gasteiger partial charge in [-0.3, -0.25) is 0 Å². The van der Waals surface area contributed by atoms with Gasteiger partial charge in [0.15, 0.2) is 0 Å². The second kappa shape index (κ2) is 3.99. The van der Waals surface area contributed by atoms with Crippen molar-refractivity contribution in [1.29, 1.82) is 0 Å². The highest BCUT2D eigenvalue weighted by molar-refractivity contribution is 5.28. The molecule has 0 amide bonds. The first-order valence-electron chi connectivity index (χ1n) is 5.14. The van der Waals surface area contributed by atoms with E-state index >= 15 is 0 Å². The molecule has 0 atom stereocenters. The summed E-state index contributed by atoms with van der Waals surface area (Å²) in [6.07, 6.45) is 3.89. The maximum atomic E-state index is 12.9. The molecule has 1 aliphatic carbocycles. The maximum absolute atomic E-state index is 12.9. The molecule has 0 radical (unpaired) electrons. The van der Waals surface area contributed by atoms with E-state index in [9.17, 15) is 4.39 Å². The van der Waals surface area contributed by atoms with Crippen molar-refractivity contribution in [2.24, 2.45) is 5.92 Å². The molecule has 1 saturated carbocycles. The number of ether oxygens (including phenoxy) is 1. The van der Waals surface area contributed by atoms with E-state index in [1.165, 1.54) is 25.3 Å². The number of benzene rings is 1. The molecule has 14 heavy (non-hydrogen) atoms. The van der Waals surface area contributed by atoms with Crippen molar-refractivity contribution < 1.29 is 9.13 Å². The van der Waals surface area contributed by atoms with Gasteiger partial charge in [-0.25, -0.2) is 4.39 Å². The first-order valence-corrected chi connectivity index (χ1v) is 5.14. The molecule has 76 valence electrons. The molecule has 0 saturated heterocycles. The van der Waals surface area contributed by atoms with Gasteiger partial charge in [0.25, 0.3) is 0 Å². The van der Waals surface area contributed by atoms with E-state index in [0.717, 1.165) is 18.3 Å². The van der Waals surface area contributed by atoms with Crippen LogP contribution in [0, 0.1) is 18.7 Å². The molecular formula is C12H15FO. The molecule has 0 aliphatic heterocycles. The van der Waals surface area contributed by atoms with Crippen LogP contribution in [0.4, 0.5) is 4.39 Å². The van der Waals surface area contributed by atoms with E-state index in [2.05, 4.69) is 0 Å². The topological polar surface area (TPSA) is 9.23 Å². The van der Waals surface area contributed by atoms with Crippen LogP contribution in [0.3, 0.4) is 0 Å². The summed E-state index contributed by atoms with van der Waals surface area (Å²) in [4.78, 5) is 0. The summed E-state index contributed by atoms with van der Waals surface area (Å²) >= 11 is 0. The zero-order valence-corrected chi connectivity index (χ0v) is 8.42. The number of hydrogen-bond donors (Lipinski definition) is 0. The van der Waals surface area contributed by atoms with Gasteiger partial charge in [-0.05, 0) is 49.4 Å². The molecule has 2 heteroatoms. The average molecular weight is 194 g/mol. The third-order valence-electron chi connectivity index (χ3n) is 2.84. The minimum absolute atomic E-state index is 0.166. The molecule has 0 heterocycles. The fourth-order valence-corrected chi connectivity index (χ4v) is 1.58. The molecule has 1 aliphatic rings. The van der Waals surface area contributed by atoms with Crippen LogP contribution in [-0.4, -0.2) is 6.61 Å². The average Bonchev–Trinajstić information content (AvgIpc) is 2.08. The SMILES string of the molecule is Cc1cc(OCC2CCC2)ccc1F. The maximum Gasteiger partial charge on any atom is 0.126 e. The molecule has 0 bridgehead atoms. The van der Waals surface area contributed by atoms with E-state index in [-0.39, 0.29) is 5.82 Å². The molecule has 1 fully saturated rings. The smallest absolute Gasteiger partial charge is 0.126 e. The largest absolute Gasteiger partial charge is 0.493 e. The van der Waals surface area contributed by atoms with Gasteiger partial charge in [0.2, 0.25) is 0 Å². The molecule has 2 rings (SSSR count). The van der Waals surface area contributed by atoms with E-state index in [1.807, 2.05) is 0 Å². The van der Waals surface area contributed by atoms with Crippen molar-refractivity contribution in [2.45, 2.75) is 26.2 Å². The Morgan fingerprint density at radius 2 is 2.21 bits per heavy atom. The molecule has 0 spiro atoms. The first-order chi connectivity index (χ1) is 6.75. The van der Waals surface area contributed by atoms with Crippen LogP contribution < -0.4 is 4.74 Å². The first kappa shape index (κ1) is 9.50. The van der Waals surface area contributed by atoms with Gasteiger partial charge in [-0.2, -0.15) is 0 Å². The zero-order chi connectivity index (χ0) is 9.97. The summed E-state index contributed by atoms with van der Waals surface area (Å²) in [7, 11) is 0. The lowest BCUT2D eigenvalue weighted by molar-refractivity contribution is 0.180. The zero-order valence-electron chi connectivity index (χ0n) is 8.42. The fraction of sp³-hybridized carbons (Fsp3) is 0.500. The van der Waals surface area contributed by atoms with Crippen molar-refractivity contribution in [3.05, 3.63) is 29.6 Å². The van der Waals surface area contributed by atoms with Gasteiger partial charge in [-0.15, -0.1) is 0 Å². The highest BCUT2D eigenvalue weighted by atomic mass is 19.1. The van der Waals surface area contributed by atoms with Crippen molar-refractivity contribution in [1.82, 2.24) is 0 Å². The Labute approximate surface area is 83.9 Å². The molecule has 1 aromatic carbocycles. The monoisotopic (exact) mass is 194 g/mol. The minimum atomic E-state index is -0.166. The molecule has 1 aromatic rings. The Morgan fingerprint density at radius 1 is 1.43 bits per heavy atom. The van der Waals surface area contributed by atoms with Crippen molar-refractivity contribution in [3.63, 3.8) is 0 Å². The summed E-state index contributed by atoms with van der Waals surface area (Å²) < 4.78 is 18.5. The van der Waals surface area contributed by atoms with Gasteiger partial charge in [0.1, 0.15) is 11.6 Å². The second-order valence-electron chi connectivity index (χ2n) is 4.02. The van der Waals surface area contributed by atoms with Crippen LogP contribution in [0.5, 0.6) is 5.75 Å². The van der Waals surface area contributed by atoms with Crippen molar-refractivity contribution in [3.8, 4) is 5.75 Å². The fourth-order valence-electron chi connectivity index (χ4n) is 1.58. The highest BCUT2D eigenvalue weighted by Gasteiger charge is 2.17. The van der Waals surface area contributed by atoms with Gasteiger partial charge >= 0.3 is 0 Å². The van der Waals surface area contributed by atoms with E-state index in [0.29, 0.717) is 5.56 Å². The molecule has 0 aromatic heterocycles. The summed E-state index contributed by atoms with van der Waals surface area (Å²) in [6, 6.07) is 4.92. The van der Waals surface area contributed by atoms with Gasteiger partial charge in [0.05, 0.1) is 6.61 Å². The van der Waals surface area contributed by atoms with Crippen LogP contribution >= 0.6 is 0 Å². The number of rotatable bonds is 3. The molecule has 1 nitrogen and oxygen atoms in total. The Morgan fingerprint density at radius 3 is 2.79 bits per heavy atom. The van der Waals surface area contributed by atoms with Crippen LogP contribution in [0.2, 0.25) is 0 Å². The van der Waals surface area contributed by atoms with Crippen molar-refractivity contribution >= 4 is 0 Å². The second-order valence-corrected chi connectivity index (χ2v) is 4.02.